The molecule has 2 unspecified atom stereocenters. The molecule has 2 atom stereocenters. The minimum atomic E-state index is -3.18. The van der Waals surface area contributed by atoms with Crippen molar-refractivity contribution in [3.63, 3.8) is 0 Å². The minimum Gasteiger partial charge on any atom is -0.478 e. The molecular formula is C18H22F2O3. The number of hydrogen-bond donors (Lipinski definition) is 1. The summed E-state index contributed by atoms with van der Waals surface area (Å²) in [5.41, 5.74) is 0.618. The van der Waals surface area contributed by atoms with Gasteiger partial charge in [-0.3, -0.25) is 0 Å². The van der Waals surface area contributed by atoms with Gasteiger partial charge in [0.05, 0.1) is 5.92 Å². The Labute approximate surface area is 135 Å². The van der Waals surface area contributed by atoms with Crippen molar-refractivity contribution in [1.29, 1.82) is 0 Å². The maximum absolute atomic E-state index is 14.5. The van der Waals surface area contributed by atoms with Gasteiger partial charge in [-0.05, 0) is 42.5 Å². The molecule has 1 aliphatic carbocycles. The highest BCUT2D eigenvalue weighted by Gasteiger charge is 2.46. The predicted molar refractivity (Wildman–Crippen MR) is 84.4 cm³/mol. The van der Waals surface area contributed by atoms with Crippen molar-refractivity contribution in [2.24, 2.45) is 11.8 Å². The molecule has 1 saturated carbocycles. The first-order valence-electron chi connectivity index (χ1n) is 8.00. The number of hydrogen-bond acceptors (Lipinski definition) is 2. The van der Waals surface area contributed by atoms with Crippen LogP contribution in [0.2, 0.25) is 0 Å². The van der Waals surface area contributed by atoms with Crippen LogP contribution < -0.4 is 4.74 Å². The van der Waals surface area contributed by atoms with E-state index in [1.54, 1.807) is 12.1 Å². The summed E-state index contributed by atoms with van der Waals surface area (Å²) in [5, 5.41) is 8.56. The second-order valence-corrected chi connectivity index (χ2v) is 5.96. The molecule has 1 N–H and O–H groups in total. The summed E-state index contributed by atoms with van der Waals surface area (Å²) in [4.78, 5) is 10.5. The highest BCUT2D eigenvalue weighted by Crippen LogP contribution is 2.43. The fourth-order valence-corrected chi connectivity index (χ4v) is 3.19. The van der Waals surface area contributed by atoms with Crippen LogP contribution >= 0.6 is 0 Å². The standard InChI is InChI=1S/C18H22F2O3/c1-2-14-5-3-4-6-16(14)18(19,20)23-15-10-7-13(8-11-15)9-12-17(21)22/h7-12,14,16H,2-6H2,1H3,(H,21,22)/b12-9+. The fourth-order valence-electron chi connectivity index (χ4n) is 3.19. The van der Waals surface area contributed by atoms with Crippen LogP contribution in [-0.2, 0) is 4.79 Å². The molecule has 0 saturated heterocycles. The molecule has 0 heterocycles. The molecule has 5 heteroatoms. The summed E-state index contributed by atoms with van der Waals surface area (Å²) in [6.07, 6.45) is 3.11. The molecule has 126 valence electrons. The lowest BCUT2D eigenvalue weighted by Gasteiger charge is -2.35. The van der Waals surface area contributed by atoms with Crippen LogP contribution in [0.5, 0.6) is 5.75 Å². The molecule has 1 aliphatic rings. The van der Waals surface area contributed by atoms with Crippen LogP contribution in [-0.4, -0.2) is 17.2 Å². The summed E-state index contributed by atoms with van der Waals surface area (Å²) in [6.45, 7) is 1.95. The first-order valence-corrected chi connectivity index (χ1v) is 8.00. The predicted octanol–water partition coefficient (Wildman–Crippen LogP) is 4.97. The molecule has 0 aliphatic heterocycles. The van der Waals surface area contributed by atoms with Crippen molar-refractivity contribution >= 4 is 12.0 Å². The average Bonchev–Trinajstić information content (AvgIpc) is 2.53. The quantitative estimate of drug-likeness (QED) is 0.751. The van der Waals surface area contributed by atoms with E-state index in [0.29, 0.717) is 12.0 Å². The van der Waals surface area contributed by atoms with Crippen molar-refractivity contribution in [3.05, 3.63) is 35.9 Å². The maximum Gasteiger partial charge on any atom is 0.400 e. The lowest BCUT2D eigenvalue weighted by molar-refractivity contribution is -0.234. The molecule has 0 spiro atoms. The summed E-state index contributed by atoms with van der Waals surface area (Å²) >= 11 is 0. The highest BCUT2D eigenvalue weighted by molar-refractivity contribution is 5.85. The lowest BCUT2D eigenvalue weighted by Crippen LogP contribution is -2.40. The Hall–Kier alpha value is -1.91. The summed E-state index contributed by atoms with van der Waals surface area (Å²) in [5.74, 6) is -1.70. The first kappa shape index (κ1) is 17.4. The van der Waals surface area contributed by atoms with Gasteiger partial charge >= 0.3 is 12.1 Å². The molecule has 1 aromatic rings. The van der Waals surface area contributed by atoms with Crippen molar-refractivity contribution in [2.45, 2.75) is 45.1 Å². The van der Waals surface area contributed by atoms with Crippen LogP contribution in [0.25, 0.3) is 6.08 Å². The smallest absolute Gasteiger partial charge is 0.400 e. The zero-order chi connectivity index (χ0) is 16.9. The van der Waals surface area contributed by atoms with Gasteiger partial charge in [0, 0.05) is 6.08 Å². The van der Waals surface area contributed by atoms with Crippen LogP contribution in [0.4, 0.5) is 8.78 Å². The second kappa shape index (κ2) is 7.57. The molecule has 2 rings (SSSR count). The molecule has 0 radical (unpaired) electrons. The topological polar surface area (TPSA) is 46.5 Å². The van der Waals surface area contributed by atoms with Gasteiger partial charge in [0.2, 0.25) is 0 Å². The first-order chi connectivity index (χ1) is 10.9. The molecule has 1 fully saturated rings. The Bertz CT molecular complexity index is 552. The molecule has 3 nitrogen and oxygen atoms in total. The highest BCUT2D eigenvalue weighted by atomic mass is 19.3. The van der Waals surface area contributed by atoms with Gasteiger partial charge in [-0.25, -0.2) is 4.79 Å². The van der Waals surface area contributed by atoms with E-state index in [1.165, 1.54) is 18.2 Å². The van der Waals surface area contributed by atoms with E-state index in [1.807, 2.05) is 6.92 Å². The van der Waals surface area contributed by atoms with Gasteiger partial charge < -0.3 is 9.84 Å². The third-order valence-corrected chi connectivity index (χ3v) is 4.42. The zero-order valence-corrected chi connectivity index (χ0v) is 13.2. The number of rotatable bonds is 6. The van der Waals surface area contributed by atoms with Gasteiger partial charge in [0.25, 0.3) is 0 Å². The number of carboxylic acids is 1. The van der Waals surface area contributed by atoms with Crippen molar-refractivity contribution in [1.82, 2.24) is 0 Å². The van der Waals surface area contributed by atoms with Gasteiger partial charge in [-0.1, -0.05) is 38.3 Å². The molecular weight excluding hydrogens is 302 g/mol. The van der Waals surface area contributed by atoms with Crippen molar-refractivity contribution < 1.29 is 23.4 Å². The van der Waals surface area contributed by atoms with Crippen LogP contribution in [0.1, 0.15) is 44.6 Å². The Kier molecular flexibility index (Phi) is 5.74. The zero-order valence-electron chi connectivity index (χ0n) is 13.2. The monoisotopic (exact) mass is 324 g/mol. The lowest BCUT2D eigenvalue weighted by atomic mass is 9.77. The van der Waals surface area contributed by atoms with Crippen molar-refractivity contribution in [3.8, 4) is 5.75 Å². The van der Waals surface area contributed by atoms with Gasteiger partial charge in [-0.15, -0.1) is 0 Å². The number of alkyl halides is 2. The van der Waals surface area contributed by atoms with Crippen LogP contribution in [0, 0.1) is 11.8 Å². The molecule has 1 aromatic carbocycles. The number of ether oxygens (including phenoxy) is 1. The van der Waals surface area contributed by atoms with Crippen LogP contribution in [0.3, 0.4) is 0 Å². The Morgan fingerprint density at radius 3 is 2.57 bits per heavy atom. The average molecular weight is 324 g/mol. The normalized spacial score (nSPS) is 22.2. The molecule has 0 amide bonds. The van der Waals surface area contributed by atoms with Crippen molar-refractivity contribution in [2.75, 3.05) is 0 Å². The van der Waals surface area contributed by atoms with E-state index in [-0.39, 0.29) is 11.7 Å². The number of halogens is 2. The SMILES string of the molecule is CCC1CCCCC1C(F)(F)Oc1ccc(/C=C/C(=O)O)cc1. The van der Waals surface area contributed by atoms with E-state index in [9.17, 15) is 13.6 Å². The largest absolute Gasteiger partial charge is 0.478 e. The molecule has 0 bridgehead atoms. The van der Waals surface area contributed by atoms with E-state index < -0.39 is 18.0 Å². The van der Waals surface area contributed by atoms with Crippen LogP contribution in [0.15, 0.2) is 30.3 Å². The second-order valence-electron chi connectivity index (χ2n) is 5.96. The third-order valence-electron chi connectivity index (χ3n) is 4.42. The summed E-state index contributed by atoms with van der Waals surface area (Å²) in [6, 6.07) is 6.00. The summed E-state index contributed by atoms with van der Waals surface area (Å²) < 4.78 is 33.9. The Balaban J connectivity index is 2.06. The summed E-state index contributed by atoms with van der Waals surface area (Å²) in [7, 11) is 0. The van der Waals surface area contributed by atoms with Gasteiger partial charge in [0.15, 0.2) is 0 Å². The van der Waals surface area contributed by atoms with E-state index in [0.717, 1.165) is 31.8 Å². The Morgan fingerprint density at radius 2 is 1.96 bits per heavy atom. The number of aliphatic carboxylic acids is 1. The van der Waals surface area contributed by atoms with Gasteiger partial charge in [-0.2, -0.15) is 8.78 Å². The minimum absolute atomic E-state index is 0.00322. The third kappa shape index (κ3) is 4.78. The number of carboxylic acid groups (broad SMARTS) is 1. The number of benzene rings is 1. The Morgan fingerprint density at radius 1 is 1.30 bits per heavy atom. The van der Waals surface area contributed by atoms with E-state index >= 15 is 0 Å². The van der Waals surface area contributed by atoms with E-state index in [2.05, 4.69) is 0 Å². The van der Waals surface area contributed by atoms with E-state index in [4.69, 9.17) is 9.84 Å². The maximum atomic E-state index is 14.5. The molecule has 23 heavy (non-hydrogen) atoms. The number of carbonyl (C=O) groups is 1. The van der Waals surface area contributed by atoms with Gasteiger partial charge in [0.1, 0.15) is 5.75 Å². The molecule has 0 aromatic heterocycles. The fraction of sp³-hybridized carbons (Fsp3) is 0.500.